The second kappa shape index (κ2) is 8.14. The third kappa shape index (κ3) is 4.23. The summed E-state index contributed by atoms with van der Waals surface area (Å²) < 4.78 is 5.26. The molecule has 0 N–H and O–H groups in total. The summed E-state index contributed by atoms with van der Waals surface area (Å²) in [5.41, 5.74) is -0.302. The lowest BCUT2D eigenvalue weighted by atomic mass is 10.2. The lowest BCUT2D eigenvalue weighted by molar-refractivity contribution is -0.396. The van der Waals surface area contributed by atoms with E-state index in [1.807, 2.05) is 0 Å². The molecule has 0 aliphatic carbocycles. The van der Waals surface area contributed by atoms with Gasteiger partial charge >= 0.3 is 0 Å². The highest BCUT2D eigenvalue weighted by molar-refractivity contribution is 7.99. The summed E-state index contributed by atoms with van der Waals surface area (Å²) in [5.74, 6) is -0.175. The number of nitrogens with zero attached hydrogens (tertiary/aromatic N) is 3. The maximum absolute atomic E-state index is 12.8. The number of morpholine rings is 1. The van der Waals surface area contributed by atoms with Gasteiger partial charge in [0.1, 0.15) is 0 Å². The van der Waals surface area contributed by atoms with Gasteiger partial charge in [-0.15, -0.1) is 0 Å². The minimum atomic E-state index is -0.683. The Labute approximate surface area is 158 Å². The molecule has 0 saturated carbocycles. The highest BCUT2D eigenvalue weighted by atomic mass is 32.2. The zero-order valence-electron chi connectivity index (χ0n) is 14.1. The van der Waals surface area contributed by atoms with E-state index in [9.17, 15) is 25.0 Å². The molecule has 0 unspecified atom stereocenters. The van der Waals surface area contributed by atoms with Crippen molar-refractivity contribution < 1.29 is 19.4 Å². The van der Waals surface area contributed by atoms with E-state index in [2.05, 4.69) is 0 Å². The average Bonchev–Trinajstić information content (AvgIpc) is 2.68. The third-order valence-corrected chi connectivity index (χ3v) is 5.13. The van der Waals surface area contributed by atoms with Crippen molar-refractivity contribution in [2.24, 2.45) is 0 Å². The summed E-state index contributed by atoms with van der Waals surface area (Å²) in [4.78, 5) is 36.1. The number of ether oxygens (including phenoxy) is 1. The standard InChI is InChI=1S/C17H15N3O6S/c21-17(18-7-9-26-10-8-18)13-3-1-2-4-15(13)27-16-6-5-12(19(22)23)11-14(16)20(24)25/h1-6,11H,7-10H2. The van der Waals surface area contributed by atoms with Crippen LogP contribution in [0.3, 0.4) is 0 Å². The van der Waals surface area contributed by atoms with Crippen molar-refractivity contribution >= 4 is 29.0 Å². The lowest BCUT2D eigenvalue weighted by Crippen LogP contribution is -2.40. The van der Waals surface area contributed by atoms with Crippen LogP contribution in [0.25, 0.3) is 0 Å². The van der Waals surface area contributed by atoms with Crippen LogP contribution in [-0.2, 0) is 4.74 Å². The fourth-order valence-corrected chi connectivity index (χ4v) is 3.66. The van der Waals surface area contributed by atoms with Crippen LogP contribution >= 0.6 is 11.8 Å². The second-order valence-electron chi connectivity index (χ2n) is 5.67. The van der Waals surface area contributed by atoms with Gasteiger partial charge in [-0.05, 0) is 18.2 Å². The molecule has 1 aliphatic heterocycles. The SMILES string of the molecule is O=C(c1ccccc1Sc1ccc([N+](=O)[O-])cc1[N+](=O)[O-])N1CCOCC1. The Balaban J connectivity index is 1.93. The first-order valence-corrected chi connectivity index (χ1v) is 8.86. The number of carbonyl (C=O) groups excluding carboxylic acids is 1. The van der Waals surface area contributed by atoms with Crippen LogP contribution in [-0.4, -0.2) is 47.0 Å². The van der Waals surface area contributed by atoms with Crippen molar-refractivity contribution in [2.75, 3.05) is 26.3 Å². The van der Waals surface area contributed by atoms with Gasteiger partial charge < -0.3 is 9.64 Å². The van der Waals surface area contributed by atoms with E-state index in [4.69, 9.17) is 4.74 Å². The maximum atomic E-state index is 12.8. The van der Waals surface area contributed by atoms with Crippen molar-refractivity contribution in [3.05, 3.63) is 68.3 Å². The molecule has 9 nitrogen and oxygen atoms in total. The molecule has 3 rings (SSSR count). The number of benzene rings is 2. The fourth-order valence-electron chi connectivity index (χ4n) is 2.64. The van der Waals surface area contributed by atoms with Gasteiger partial charge in [0.05, 0.1) is 39.6 Å². The number of hydrogen-bond donors (Lipinski definition) is 0. The predicted molar refractivity (Wildman–Crippen MR) is 97.0 cm³/mol. The van der Waals surface area contributed by atoms with Gasteiger partial charge in [0.15, 0.2) is 0 Å². The van der Waals surface area contributed by atoms with Crippen LogP contribution in [0.1, 0.15) is 10.4 Å². The van der Waals surface area contributed by atoms with Crippen LogP contribution < -0.4 is 0 Å². The summed E-state index contributed by atoms with van der Waals surface area (Å²) in [5, 5.41) is 22.2. The number of amides is 1. The van der Waals surface area contributed by atoms with Crippen molar-refractivity contribution in [1.29, 1.82) is 0 Å². The summed E-state index contributed by atoms with van der Waals surface area (Å²) in [7, 11) is 0. The first-order valence-electron chi connectivity index (χ1n) is 8.04. The van der Waals surface area contributed by atoms with Gasteiger partial charge in [-0.2, -0.15) is 0 Å². The number of carbonyl (C=O) groups is 1. The highest BCUT2D eigenvalue weighted by Gasteiger charge is 2.24. The first-order chi connectivity index (χ1) is 13.0. The molecule has 0 atom stereocenters. The van der Waals surface area contributed by atoms with E-state index in [0.717, 1.165) is 17.8 Å². The number of non-ortho nitro benzene ring substituents is 1. The summed E-state index contributed by atoms with van der Waals surface area (Å²) in [6.07, 6.45) is 0. The van der Waals surface area contributed by atoms with Crippen molar-refractivity contribution in [1.82, 2.24) is 4.90 Å². The summed E-state index contributed by atoms with van der Waals surface area (Å²) >= 11 is 1.04. The number of rotatable bonds is 5. The van der Waals surface area contributed by atoms with Gasteiger partial charge in [-0.25, -0.2) is 0 Å². The van der Waals surface area contributed by atoms with Crippen LogP contribution in [0.5, 0.6) is 0 Å². The zero-order valence-corrected chi connectivity index (χ0v) is 14.9. The quantitative estimate of drug-likeness (QED) is 0.570. The van der Waals surface area contributed by atoms with Gasteiger partial charge in [0.2, 0.25) is 0 Å². The van der Waals surface area contributed by atoms with Crippen molar-refractivity contribution in [3.8, 4) is 0 Å². The zero-order chi connectivity index (χ0) is 19.4. The monoisotopic (exact) mass is 389 g/mol. The molecule has 10 heteroatoms. The molecule has 0 radical (unpaired) electrons. The summed E-state index contributed by atoms with van der Waals surface area (Å²) in [6.45, 7) is 1.90. The van der Waals surface area contributed by atoms with Gasteiger partial charge in [-0.1, -0.05) is 23.9 Å². The molecule has 0 bridgehead atoms. The van der Waals surface area contributed by atoms with Crippen LogP contribution in [0.4, 0.5) is 11.4 Å². The molecular formula is C17H15N3O6S. The van der Waals surface area contributed by atoms with E-state index < -0.39 is 9.85 Å². The average molecular weight is 389 g/mol. The Morgan fingerprint density at radius 3 is 2.37 bits per heavy atom. The Hall–Kier alpha value is -2.98. The van der Waals surface area contributed by atoms with E-state index >= 15 is 0 Å². The minimum absolute atomic E-state index is 0.175. The van der Waals surface area contributed by atoms with E-state index in [0.29, 0.717) is 36.8 Å². The second-order valence-corrected chi connectivity index (χ2v) is 6.75. The van der Waals surface area contributed by atoms with Crippen molar-refractivity contribution in [2.45, 2.75) is 9.79 Å². The molecule has 0 spiro atoms. The summed E-state index contributed by atoms with van der Waals surface area (Å²) in [6, 6.07) is 10.3. The minimum Gasteiger partial charge on any atom is -0.378 e. The number of nitro benzene ring substituents is 2. The smallest absolute Gasteiger partial charge is 0.290 e. The Morgan fingerprint density at radius 2 is 1.70 bits per heavy atom. The normalized spacial score (nSPS) is 14.0. The van der Waals surface area contributed by atoms with E-state index in [1.165, 1.54) is 12.1 Å². The first kappa shape index (κ1) is 18.8. The van der Waals surface area contributed by atoms with E-state index in [-0.39, 0.29) is 22.2 Å². The van der Waals surface area contributed by atoms with Crippen LogP contribution in [0, 0.1) is 20.2 Å². The molecule has 1 heterocycles. The molecule has 140 valence electrons. The van der Waals surface area contributed by atoms with Crippen LogP contribution in [0.2, 0.25) is 0 Å². The Morgan fingerprint density at radius 1 is 1.00 bits per heavy atom. The Kier molecular flexibility index (Phi) is 5.67. The molecule has 0 aromatic heterocycles. The molecule has 1 amide bonds. The molecule has 2 aromatic rings. The molecule has 1 aliphatic rings. The van der Waals surface area contributed by atoms with Gasteiger partial charge in [-0.3, -0.25) is 25.0 Å². The lowest BCUT2D eigenvalue weighted by Gasteiger charge is -2.27. The van der Waals surface area contributed by atoms with Crippen LogP contribution in [0.15, 0.2) is 52.3 Å². The molecule has 1 saturated heterocycles. The topological polar surface area (TPSA) is 116 Å². The maximum Gasteiger partial charge on any atom is 0.290 e. The molecule has 1 fully saturated rings. The number of hydrogen-bond acceptors (Lipinski definition) is 7. The molecule has 2 aromatic carbocycles. The fraction of sp³-hybridized carbons (Fsp3) is 0.235. The molecule has 27 heavy (non-hydrogen) atoms. The van der Waals surface area contributed by atoms with Crippen molar-refractivity contribution in [3.63, 3.8) is 0 Å². The predicted octanol–water partition coefficient (Wildman–Crippen LogP) is 3.13. The Bertz CT molecular complexity index is 898. The third-order valence-electron chi connectivity index (χ3n) is 3.99. The molecular weight excluding hydrogens is 374 g/mol. The number of nitro groups is 2. The van der Waals surface area contributed by atoms with Gasteiger partial charge in [0, 0.05) is 24.1 Å². The largest absolute Gasteiger partial charge is 0.378 e. The highest BCUT2D eigenvalue weighted by Crippen LogP contribution is 2.38. The van der Waals surface area contributed by atoms with E-state index in [1.54, 1.807) is 29.2 Å². The van der Waals surface area contributed by atoms with Gasteiger partial charge in [0.25, 0.3) is 17.3 Å².